The number of hydrogen-bond acceptors (Lipinski definition) is 3. The largest absolute Gasteiger partial charge is 0.375 e. The van der Waals surface area contributed by atoms with Gasteiger partial charge in [-0.05, 0) is 37.0 Å². The Balaban J connectivity index is 1.99. The summed E-state index contributed by atoms with van der Waals surface area (Å²) >= 11 is 4.79. The van der Waals surface area contributed by atoms with Crippen LogP contribution in [0.15, 0.2) is 35.4 Å². The maximum atomic E-state index is 12.3. The Kier molecular flexibility index (Phi) is 6.33. The van der Waals surface area contributed by atoms with Gasteiger partial charge in [0.25, 0.3) is 0 Å². The van der Waals surface area contributed by atoms with Crippen molar-refractivity contribution < 1.29 is 4.79 Å². The van der Waals surface area contributed by atoms with E-state index in [2.05, 4.69) is 10.5 Å². The van der Waals surface area contributed by atoms with E-state index in [4.69, 9.17) is 18.0 Å². The molecule has 0 aromatic heterocycles. The second-order valence-electron chi connectivity index (χ2n) is 5.34. The van der Waals surface area contributed by atoms with Gasteiger partial charge in [0.1, 0.15) is 0 Å². The minimum absolute atomic E-state index is 0.121. The van der Waals surface area contributed by atoms with Crippen LogP contribution in [-0.4, -0.2) is 34.7 Å². The molecule has 0 radical (unpaired) electrons. The topological polar surface area (TPSA) is 70.7 Å². The molecule has 1 fully saturated rings. The van der Waals surface area contributed by atoms with Gasteiger partial charge >= 0.3 is 0 Å². The molecular weight excluding hydrogens is 296 g/mol. The average Bonchev–Trinajstić information content (AvgIpc) is 2.56. The normalized spacial score (nSPS) is 15.5. The smallest absolute Gasteiger partial charge is 0.222 e. The zero-order valence-electron chi connectivity index (χ0n) is 12.6. The van der Waals surface area contributed by atoms with Crippen LogP contribution in [-0.2, 0) is 4.79 Å². The highest BCUT2D eigenvalue weighted by molar-refractivity contribution is 7.80. The zero-order chi connectivity index (χ0) is 15.8. The van der Waals surface area contributed by atoms with E-state index >= 15 is 0 Å². The third-order valence-corrected chi connectivity index (χ3v) is 3.78. The maximum absolute atomic E-state index is 12.3. The number of nitrogens with zero attached hydrogens (tertiary/aromatic N) is 2. The first-order valence-corrected chi connectivity index (χ1v) is 8.03. The monoisotopic (exact) mass is 318 g/mol. The van der Waals surface area contributed by atoms with E-state index in [0.717, 1.165) is 37.2 Å². The molecule has 2 rings (SSSR count). The van der Waals surface area contributed by atoms with Gasteiger partial charge in [0.05, 0.1) is 5.71 Å². The van der Waals surface area contributed by atoms with Crippen molar-refractivity contribution in [2.24, 2.45) is 10.8 Å². The van der Waals surface area contributed by atoms with Gasteiger partial charge in [0, 0.05) is 25.9 Å². The van der Waals surface area contributed by atoms with Gasteiger partial charge in [0.15, 0.2) is 5.11 Å². The number of nitrogens with two attached hydrogens (primary N) is 1. The molecule has 118 valence electrons. The second kappa shape index (κ2) is 8.48. The van der Waals surface area contributed by atoms with Gasteiger partial charge in [-0.2, -0.15) is 5.10 Å². The van der Waals surface area contributed by atoms with Gasteiger partial charge < -0.3 is 10.6 Å². The Morgan fingerprint density at radius 1 is 1.18 bits per heavy atom. The lowest BCUT2D eigenvalue weighted by molar-refractivity contribution is -0.131. The Bertz CT molecular complexity index is 538. The molecule has 1 aliphatic rings. The van der Waals surface area contributed by atoms with Gasteiger partial charge in [-0.3, -0.25) is 10.2 Å². The van der Waals surface area contributed by atoms with Crippen molar-refractivity contribution in [3.05, 3.63) is 35.9 Å². The fourth-order valence-corrected chi connectivity index (χ4v) is 2.59. The molecule has 0 bridgehead atoms. The van der Waals surface area contributed by atoms with E-state index in [-0.39, 0.29) is 11.0 Å². The molecule has 5 nitrogen and oxygen atoms in total. The van der Waals surface area contributed by atoms with Crippen molar-refractivity contribution in [2.75, 3.05) is 13.1 Å². The van der Waals surface area contributed by atoms with Crippen LogP contribution < -0.4 is 11.2 Å². The van der Waals surface area contributed by atoms with Gasteiger partial charge in [-0.25, -0.2) is 0 Å². The number of hydrazone groups is 1. The molecule has 0 unspecified atom stereocenters. The highest BCUT2D eigenvalue weighted by Gasteiger charge is 2.17. The fourth-order valence-electron chi connectivity index (χ4n) is 2.54. The molecule has 3 N–H and O–H groups in total. The van der Waals surface area contributed by atoms with E-state index < -0.39 is 0 Å². The first-order valence-electron chi connectivity index (χ1n) is 7.62. The zero-order valence-corrected chi connectivity index (χ0v) is 13.4. The van der Waals surface area contributed by atoms with Crippen molar-refractivity contribution >= 4 is 28.9 Å². The Morgan fingerprint density at radius 2 is 1.86 bits per heavy atom. The summed E-state index contributed by atoms with van der Waals surface area (Å²) in [5.74, 6) is 0.193. The lowest BCUT2D eigenvalue weighted by Crippen LogP contribution is -2.35. The number of nitrogens with one attached hydrogen (secondary N) is 1. The van der Waals surface area contributed by atoms with E-state index in [1.54, 1.807) is 0 Å². The first-order chi connectivity index (χ1) is 10.7. The number of likely N-dealkylation sites (tertiary alicyclic amines) is 1. The van der Waals surface area contributed by atoms with Crippen molar-refractivity contribution in [1.29, 1.82) is 0 Å². The number of thiocarbonyl (C=S) groups is 1. The number of piperidine rings is 1. The molecule has 0 atom stereocenters. The van der Waals surface area contributed by atoms with Crippen LogP contribution in [0.2, 0.25) is 0 Å². The third-order valence-electron chi connectivity index (χ3n) is 3.69. The summed E-state index contributed by atoms with van der Waals surface area (Å²) in [5, 5.41) is 4.36. The summed E-state index contributed by atoms with van der Waals surface area (Å²) in [4.78, 5) is 14.2. The van der Waals surface area contributed by atoms with E-state index in [0.29, 0.717) is 12.8 Å². The summed E-state index contributed by atoms with van der Waals surface area (Å²) in [6.45, 7) is 1.75. The molecule has 6 heteroatoms. The van der Waals surface area contributed by atoms with Gasteiger partial charge in [0.2, 0.25) is 5.91 Å². The minimum Gasteiger partial charge on any atom is -0.375 e. The van der Waals surface area contributed by atoms with Crippen LogP contribution in [0.3, 0.4) is 0 Å². The number of benzene rings is 1. The second-order valence-corrected chi connectivity index (χ2v) is 5.78. The Labute approximate surface area is 136 Å². The molecule has 1 aromatic carbocycles. The number of amides is 1. The standard InChI is InChI=1S/C16H22N4OS/c17-16(22)19-18-14(13-7-3-1-4-8-13)9-10-15(21)20-11-5-2-6-12-20/h1,3-4,7-8H,2,5-6,9-12H2,(H3,17,19,22). The quantitative estimate of drug-likeness (QED) is 0.495. The summed E-state index contributed by atoms with van der Waals surface area (Å²) < 4.78 is 0. The van der Waals surface area contributed by atoms with Crippen LogP contribution in [0.5, 0.6) is 0 Å². The van der Waals surface area contributed by atoms with Crippen molar-refractivity contribution in [2.45, 2.75) is 32.1 Å². The van der Waals surface area contributed by atoms with Gasteiger partial charge in [-0.1, -0.05) is 30.3 Å². The molecule has 1 heterocycles. The molecule has 0 saturated carbocycles. The first kappa shape index (κ1) is 16.4. The highest BCUT2D eigenvalue weighted by Crippen LogP contribution is 2.12. The molecular formula is C16H22N4OS. The molecule has 0 spiro atoms. The Morgan fingerprint density at radius 3 is 2.50 bits per heavy atom. The molecule has 22 heavy (non-hydrogen) atoms. The van der Waals surface area contributed by atoms with E-state index in [1.165, 1.54) is 6.42 Å². The fraction of sp³-hybridized carbons (Fsp3) is 0.438. The van der Waals surface area contributed by atoms with Crippen LogP contribution in [0.25, 0.3) is 0 Å². The number of hydrogen-bond donors (Lipinski definition) is 2. The van der Waals surface area contributed by atoms with Crippen molar-refractivity contribution in [3.63, 3.8) is 0 Å². The minimum atomic E-state index is 0.121. The lowest BCUT2D eigenvalue weighted by atomic mass is 10.0. The number of carbonyl (C=O) groups is 1. The molecule has 1 aromatic rings. The van der Waals surface area contributed by atoms with Crippen molar-refractivity contribution in [3.8, 4) is 0 Å². The predicted octanol–water partition coefficient (Wildman–Crippen LogP) is 2.02. The molecule has 1 aliphatic heterocycles. The Hall–Kier alpha value is -1.95. The highest BCUT2D eigenvalue weighted by atomic mass is 32.1. The maximum Gasteiger partial charge on any atom is 0.222 e. The molecule has 1 amide bonds. The van der Waals surface area contributed by atoms with E-state index in [1.807, 2.05) is 35.2 Å². The molecule has 1 saturated heterocycles. The summed E-state index contributed by atoms with van der Waals surface area (Å²) in [6.07, 6.45) is 4.45. The summed E-state index contributed by atoms with van der Waals surface area (Å²) in [5.41, 5.74) is 9.81. The number of carbonyl (C=O) groups excluding carboxylic acids is 1. The number of rotatable bonds is 5. The van der Waals surface area contributed by atoms with Gasteiger partial charge in [-0.15, -0.1) is 0 Å². The summed E-state index contributed by atoms with van der Waals surface area (Å²) in [6, 6.07) is 9.76. The van der Waals surface area contributed by atoms with Crippen LogP contribution in [0.4, 0.5) is 0 Å². The van der Waals surface area contributed by atoms with Crippen LogP contribution >= 0.6 is 12.2 Å². The van der Waals surface area contributed by atoms with Crippen LogP contribution in [0.1, 0.15) is 37.7 Å². The van der Waals surface area contributed by atoms with E-state index in [9.17, 15) is 4.79 Å². The SMILES string of the molecule is NC(=S)NN=C(CCC(=O)N1CCCCC1)c1ccccc1. The average molecular weight is 318 g/mol. The predicted molar refractivity (Wildman–Crippen MR) is 92.6 cm³/mol. The third kappa shape index (κ3) is 5.11. The lowest BCUT2D eigenvalue weighted by Gasteiger charge is -2.26. The van der Waals surface area contributed by atoms with Crippen molar-refractivity contribution in [1.82, 2.24) is 10.3 Å². The van der Waals surface area contributed by atoms with Crippen LogP contribution in [0, 0.1) is 0 Å². The summed E-state index contributed by atoms with van der Waals surface area (Å²) in [7, 11) is 0. The molecule has 0 aliphatic carbocycles.